The van der Waals surface area contributed by atoms with Crippen molar-refractivity contribution in [3.05, 3.63) is 82.8 Å². The van der Waals surface area contributed by atoms with Gasteiger partial charge >= 0.3 is 0 Å². The Balaban J connectivity index is 1.97. The maximum absolute atomic E-state index is 12.2. The lowest BCUT2D eigenvalue weighted by molar-refractivity contribution is 0.476. The number of hydrogen-bond donors (Lipinski definition) is 1. The highest BCUT2D eigenvalue weighted by Gasteiger charge is 2.11. The van der Waals surface area contributed by atoms with Gasteiger partial charge in [0.2, 0.25) is 0 Å². The fourth-order valence-corrected chi connectivity index (χ4v) is 2.42. The minimum Gasteiger partial charge on any atom is -0.507 e. The number of aryl methyl sites for hydroxylation is 1. The summed E-state index contributed by atoms with van der Waals surface area (Å²) in [6.07, 6.45) is 2.20. The van der Waals surface area contributed by atoms with Crippen molar-refractivity contribution in [3.63, 3.8) is 0 Å². The zero-order chi connectivity index (χ0) is 15.4. The Kier molecular flexibility index (Phi) is 4.01. The van der Waals surface area contributed by atoms with Crippen molar-refractivity contribution in [2.45, 2.75) is 13.0 Å². The van der Waals surface area contributed by atoms with E-state index in [1.807, 2.05) is 36.4 Å². The van der Waals surface area contributed by atoms with Gasteiger partial charge in [-0.25, -0.2) is 4.98 Å². The summed E-state index contributed by atoms with van der Waals surface area (Å²) in [5, 5.41) is 10.0. The number of phenolic OH excluding ortho intramolecular Hbond substituents is 1. The van der Waals surface area contributed by atoms with Crippen molar-refractivity contribution in [3.8, 4) is 17.1 Å². The molecule has 0 aliphatic heterocycles. The minimum atomic E-state index is -0.121. The largest absolute Gasteiger partial charge is 0.507 e. The fraction of sp³-hybridized carbons (Fsp3) is 0.111. The molecule has 0 saturated heterocycles. The van der Waals surface area contributed by atoms with E-state index in [4.69, 9.17) is 0 Å². The number of benzene rings is 2. The molecule has 110 valence electrons. The lowest BCUT2D eigenvalue weighted by Gasteiger charge is -2.12. The van der Waals surface area contributed by atoms with Gasteiger partial charge in [0, 0.05) is 18.8 Å². The van der Waals surface area contributed by atoms with Crippen molar-refractivity contribution >= 4 is 0 Å². The Labute approximate surface area is 128 Å². The monoisotopic (exact) mass is 292 g/mol. The second-order valence-electron chi connectivity index (χ2n) is 5.01. The molecule has 0 aliphatic rings. The molecule has 22 heavy (non-hydrogen) atoms. The molecule has 0 fully saturated rings. The zero-order valence-corrected chi connectivity index (χ0v) is 12.0. The van der Waals surface area contributed by atoms with Crippen LogP contribution in [0, 0.1) is 0 Å². The van der Waals surface area contributed by atoms with Crippen molar-refractivity contribution in [1.82, 2.24) is 9.55 Å². The van der Waals surface area contributed by atoms with Gasteiger partial charge in [-0.2, -0.15) is 0 Å². The Hall–Kier alpha value is -2.88. The number of para-hydroxylation sites is 1. The summed E-state index contributed by atoms with van der Waals surface area (Å²) in [6, 6.07) is 18.3. The minimum absolute atomic E-state index is 0.120. The number of nitrogens with zero attached hydrogens (tertiary/aromatic N) is 2. The summed E-state index contributed by atoms with van der Waals surface area (Å²) in [7, 11) is 0. The van der Waals surface area contributed by atoms with E-state index in [1.54, 1.807) is 22.8 Å². The first-order valence-electron chi connectivity index (χ1n) is 7.14. The Morgan fingerprint density at radius 2 is 1.68 bits per heavy atom. The molecule has 0 bridgehead atoms. The molecule has 3 aromatic rings. The normalized spacial score (nSPS) is 10.5. The average molecular weight is 292 g/mol. The Morgan fingerprint density at radius 3 is 2.45 bits per heavy atom. The molecular weight excluding hydrogens is 276 g/mol. The smallest absolute Gasteiger partial charge is 0.253 e. The van der Waals surface area contributed by atoms with Crippen LogP contribution in [0.2, 0.25) is 0 Å². The van der Waals surface area contributed by atoms with Gasteiger partial charge in [-0.05, 0) is 24.1 Å². The van der Waals surface area contributed by atoms with Crippen molar-refractivity contribution in [2.75, 3.05) is 0 Å². The second kappa shape index (κ2) is 6.26. The predicted octanol–water partition coefficient (Wildman–Crippen LogP) is 2.86. The number of rotatable bonds is 4. The summed E-state index contributed by atoms with van der Waals surface area (Å²) < 4.78 is 1.60. The first-order valence-corrected chi connectivity index (χ1v) is 7.14. The fourth-order valence-electron chi connectivity index (χ4n) is 2.42. The van der Waals surface area contributed by atoms with Gasteiger partial charge in [-0.3, -0.25) is 9.36 Å². The van der Waals surface area contributed by atoms with Crippen LogP contribution in [-0.4, -0.2) is 14.7 Å². The molecule has 0 amide bonds. The molecule has 2 aromatic carbocycles. The van der Waals surface area contributed by atoms with Gasteiger partial charge in [0.25, 0.3) is 5.56 Å². The molecule has 4 nitrogen and oxygen atoms in total. The quantitative estimate of drug-likeness (QED) is 0.804. The van der Waals surface area contributed by atoms with Crippen LogP contribution >= 0.6 is 0 Å². The molecule has 0 radical (unpaired) electrons. The SMILES string of the molecule is O=c1ccnc(-c2ccccc2O)n1CCc1ccccc1. The van der Waals surface area contributed by atoms with Crippen LogP contribution in [0.15, 0.2) is 71.7 Å². The van der Waals surface area contributed by atoms with Gasteiger partial charge in [0.15, 0.2) is 0 Å². The molecule has 3 rings (SSSR count). The van der Waals surface area contributed by atoms with E-state index in [2.05, 4.69) is 4.98 Å². The molecule has 1 aromatic heterocycles. The first kappa shape index (κ1) is 14.1. The summed E-state index contributed by atoms with van der Waals surface area (Å²) in [6.45, 7) is 0.514. The molecule has 4 heteroatoms. The number of aromatic hydroxyl groups is 1. The van der Waals surface area contributed by atoms with Gasteiger partial charge in [0.1, 0.15) is 11.6 Å². The molecule has 0 atom stereocenters. The van der Waals surface area contributed by atoms with E-state index in [9.17, 15) is 9.90 Å². The van der Waals surface area contributed by atoms with Gasteiger partial charge < -0.3 is 5.11 Å². The van der Waals surface area contributed by atoms with Gasteiger partial charge in [-0.1, -0.05) is 42.5 Å². The van der Waals surface area contributed by atoms with Gasteiger partial charge in [0.05, 0.1) is 5.56 Å². The Morgan fingerprint density at radius 1 is 0.955 bits per heavy atom. The van der Waals surface area contributed by atoms with Crippen LogP contribution in [0.3, 0.4) is 0 Å². The summed E-state index contributed by atoms with van der Waals surface area (Å²) in [5.74, 6) is 0.607. The van der Waals surface area contributed by atoms with E-state index < -0.39 is 0 Å². The van der Waals surface area contributed by atoms with E-state index in [0.29, 0.717) is 17.9 Å². The first-order chi connectivity index (χ1) is 10.8. The third-order valence-corrected chi connectivity index (χ3v) is 3.55. The molecule has 0 aliphatic carbocycles. The standard InChI is InChI=1S/C18H16N2O2/c21-16-9-5-4-8-15(16)18-19-12-10-17(22)20(18)13-11-14-6-2-1-3-7-14/h1-10,12,21H,11,13H2. The predicted molar refractivity (Wildman–Crippen MR) is 85.7 cm³/mol. The van der Waals surface area contributed by atoms with Crippen LogP contribution < -0.4 is 5.56 Å². The Bertz CT molecular complexity index is 826. The maximum atomic E-state index is 12.2. The summed E-state index contributed by atoms with van der Waals surface area (Å²) in [4.78, 5) is 16.5. The number of aromatic nitrogens is 2. The average Bonchev–Trinajstić information content (AvgIpc) is 2.55. The van der Waals surface area contributed by atoms with Crippen molar-refractivity contribution < 1.29 is 5.11 Å². The van der Waals surface area contributed by atoms with E-state index in [0.717, 1.165) is 12.0 Å². The summed E-state index contributed by atoms with van der Waals surface area (Å²) in [5.41, 5.74) is 1.60. The molecule has 1 N–H and O–H groups in total. The molecule has 0 unspecified atom stereocenters. The van der Waals surface area contributed by atoms with Crippen LogP contribution in [0.4, 0.5) is 0 Å². The highest BCUT2D eigenvalue weighted by molar-refractivity contribution is 5.63. The van der Waals surface area contributed by atoms with Gasteiger partial charge in [-0.15, -0.1) is 0 Å². The van der Waals surface area contributed by atoms with E-state index in [-0.39, 0.29) is 11.3 Å². The highest BCUT2D eigenvalue weighted by Crippen LogP contribution is 2.26. The molecule has 0 saturated carbocycles. The van der Waals surface area contributed by atoms with Crippen LogP contribution in [0.5, 0.6) is 5.75 Å². The van der Waals surface area contributed by atoms with Crippen LogP contribution in [0.25, 0.3) is 11.4 Å². The van der Waals surface area contributed by atoms with Crippen LogP contribution in [-0.2, 0) is 13.0 Å². The second-order valence-corrected chi connectivity index (χ2v) is 5.01. The van der Waals surface area contributed by atoms with Crippen LogP contribution in [0.1, 0.15) is 5.56 Å². The van der Waals surface area contributed by atoms with E-state index >= 15 is 0 Å². The highest BCUT2D eigenvalue weighted by atomic mass is 16.3. The number of phenols is 1. The third kappa shape index (κ3) is 2.91. The number of hydrogen-bond acceptors (Lipinski definition) is 3. The molecule has 1 heterocycles. The van der Waals surface area contributed by atoms with E-state index in [1.165, 1.54) is 12.3 Å². The summed E-state index contributed by atoms with van der Waals surface area (Å²) >= 11 is 0. The maximum Gasteiger partial charge on any atom is 0.253 e. The lowest BCUT2D eigenvalue weighted by Crippen LogP contribution is -2.23. The molecule has 0 spiro atoms. The van der Waals surface area contributed by atoms with Crippen molar-refractivity contribution in [1.29, 1.82) is 0 Å². The molecular formula is C18H16N2O2. The third-order valence-electron chi connectivity index (χ3n) is 3.55. The topological polar surface area (TPSA) is 55.1 Å². The lowest BCUT2D eigenvalue weighted by atomic mass is 10.1. The zero-order valence-electron chi connectivity index (χ0n) is 12.0. The van der Waals surface area contributed by atoms with Crippen molar-refractivity contribution in [2.24, 2.45) is 0 Å².